The van der Waals surface area contributed by atoms with E-state index in [4.69, 9.17) is 11.6 Å². The summed E-state index contributed by atoms with van der Waals surface area (Å²) in [6.07, 6.45) is 9.16. The molecule has 1 aromatic carbocycles. The predicted octanol–water partition coefficient (Wildman–Crippen LogP) is 4.87. The second-order valence-electron chi connectivity index (χ2n) is 8.63. The van der Waals surface area contributed by atoms with Crippen molar-refractivity contribution in [3.05, 3.63) is 104 Å². The number of aryl methyl sites for hydroxylation is 3. The summed E-state index contributed by atoms with van der Waals surface area (Å²) in [5, 5.41) is 13.7. The van der Waals surface area contributed by atoms with Crippen LogP contribution in [0.25, 0.3) is 5.57 Å². The number of fused-ring (bicyclic) bond motifs is 2. The van der Waals surface area contributed by atoms with Crippen molar-refractivity contribution in [1.29, 1.82) is 0 Å². The Kier molecular flexibility index (Phi) is 5.51. The van der Waals surface area contributed by atoms with Crippen LogP contribution in [-0.2, 0) is 19.4 Å². The molecule has 0 unspecified atom stereocenters. The molecule has 0 radical (unpaired) electrons. The van der Waals surface area contributed by atoms with Crippen molar-refractivity contribution < 1.29 is 4.73 Å². The molecule has 0 amide bonds. The van der Waals surface area contributed by atoms with Crippen LogP contribution in [0.4, 0.5) is 0 Å². The van der Waals surface area contributed by atoms with Crippen LogP contribution in [0.2, 0.25) is 5.02 Å². The summed E-state index contributed by atoms with van der Waals surface area (Å²) in [6, 6.07) is 12.3. The number of hydrogen-bond acceptors (Lipinski definition) is 3. The Labute approximate surface area is 188 Å². The molecule has 31 heavy (non-hydrogen) atoms. The van der Waals surface area contributed by atoms with E-state index in [1.165, 1.54) is 27.8 Å². The molecule has 5 rings (SSSR count). The molecule has 0 spiro atoms. The Balaban J connectivity index is 1.51. The number of likely N-dealkylation sites (tertiary alicyclic amines) is 1. The van der Waals surface area contributed by atoms with Crippen LogP contribution in [-0.4, -0.2) is 23.0 Å². The largest absolute Gasteiger partial charge is 0.618 e. The van der Waals surface area contributed by atoms with Gasteiger partial charge in [-0.15, -0.1) is 0 Å². The normalized spacial score (nSPS) is 16.6. The maximum atomic E-state index is 12.9. The fourth-order valence-electron chi connectivity index (χ4n) is 4.97. The molecule has 2 aliphatic rings. The van der Waals surface area contributed by atoms with Crippen LogP contribution < -0.4 is 4.73 Å². The third-order valence-electron chi connectivity index (χ3n) is 6.43. The molecule has 158 valence electrons. The minimum atomic E-state index is 0.755. The number of aromatic nitrogens is 2. The summed E-state index contributed by atoms with van der Waals surface area (Å²) in [6.45, 7) is 4.97. The third-order valence-corrected chi connectivity index (χ3v) is 6.67. The number of halogens is 1. The standard InChI is InChI=1S/C26H26ClN3O/c1-18-13-19(16-28-15-18)17-29-11-8-20(9-12-29)25-24-7-6-23(27)14-22(24)5-4-21-3-2-10-30(31)26(21)25/h2-3,6-7,10,13-16H,4-5,8-9,11-12,17H2,1H3. The first-order valence-electron chi connectivity index (χ1n) is 10.9. The minimum Gasteiger partial charge on any atom is -0.618 e. The van der Waals surface area contributed by atoms with Crippen molar-refractivity contribution in [3.63, 3.8) is 0 Å². The topological polar surface area (TPSA) is 43.1 Å². The molecule has 1 saturated heterocycles. The lowest BCUT2D eigenvalue weighted by Gasteiger charge is -2.30. The zero-order valence-corrected chi connectivity index (χ0v) is 18.5. The maximum Gasteiger partial charge on any atom is 0.227 e. The zero-order chi connectivity index (χ0) is 21.4. The van der Waals surface area contributed by atoms with Gasteiger partial charge >= 0.3 is 0 Å². The highest BCUT2D eigenvalue weighted by molar-refractivity contribution is 6.30. The lowest BCUT2D eigenvalue weighted by atomic mass is 9.88. The molecular formula is C26H26ClN3O. The van der Waals surface area contributed by atoms with Crippen molar-refractivity contribution in [2.24, 2.45) is 0 Å². The highest BCUT2D eigenvalue weighted by Crippen LogP contribution is 2.38. The van der Waals surface area contributed by atoms with E-state index in [9.17, 15) is 5.21 Å². The first kappa shape index (κ1) is 20.2. The maximum absolute atomic E-state index is 12.9. The molecule has 1 aliphatic carbocycles. The Bertz CT molecular complexity index is 1160. The van der Waals surface area contributed by atoms with Gasteiger partial charge in [-0.3, -0.25) is 9.88 Å². The summed E-state index contributed by atoms with van der Waals surface area (Å²) < 4.78 is 1.06. The SMILES string of the molecule is Cc1cncc(CN2CCC(=C3c4ccc(Cl)cc4CCc4ccc[n+]([O-])c43)CC2)c1. The van der Waals surface area contributed by atoms with Crippen LogP contribution in [0.5, 0.6) is 0 Å². The molecule has 0 N–H and O–H groups in total. The van der Waals surface area contributed by atoms with Crippen LogP contribution in [0.1, 0.15) is 46.4 Å². The Morgan fingerprint density at radius 2 is 1.84 bits per heavy atom. The van der Waals surface area contributed by atoms with E-state index in [0.29, 0.717) is 0 Å². The van der Waals surface area contributed by atoms with Gasteiger partial charge in [-0.1, -0.05) is 29.3 Å². The molecule has 0 saturated carbocycles. The quantitative estimate of drug-likeness (QED) is 0.429. The fraction of sp³-hybridized carbons (Fsp3) is 0.308. The first-order chi connectivity index (χ1) is 15.1. The average molecular weight is 432 g/mol. The van der Waals surface area contributed by atoms with Gasteiger partial charge in [0.15, 0.2) is 6.20 Å². The van der Waals surface area contributed by atoms with Crippen molar-refractivity contribution in [2.45, 2.75) is 39.2 Å². The van der Waals surface area contributed by atoms with Gasteiger partial charge in [-0.05, 0) is 73.1 Å². The smallest absolute Gasteiger partial charge is 0.227 e. The number of rotatable bonds is 2. The Hall–Kier alpha value is -2.69. The summed E-state index contributed by atoms with van der Waals surface area (Å²) in [5.74, 6) is 0. The van der Waals surface area contributed by atoms with Gasteiger partial charge in [0, 0.05) is 48.7 Å². The summed E-state index contributed by atoms with van der Waals surface area (Å²) in [7, 11) is 0. The first-order valence-corrected chi connectivity index (χ1v) is 11.3. The van der Waals surface area contributed by atoms with E-state index in [1.807, 2.05) is 24.5 Å². The van der Waals surface area contributed by atoms with E-state index in [1.54, 1.807) is 6.20 Å². The van der Waals surface area contributed by atoms with Gasteiger partial charge in [0.25, 0.3) is 0 Å². The van der Waals surface area contributed by atoms with E-state index >= 15 is 0 Å². The van der Waals surface area contributed by atoms with E-state index in [2.05, 4.69) is 41.1 Å². The zero-order valence-electron chi connectivity index (χ0n) is 17.8. The summed E-state index contributed by atoms with van der Waals surface area (Å²) in [5.41, 5.74) is 9.32. The van der Waals surface area contributed by atoms with E-state index in [0.717, 1.165) is 71.9 Å². The second-order valence-corrected chi connectivity index (χ2v) is 9.07. The predicted molar refractivity (Wildman–Crippen MR) is 124 cm³/mol. The average Bonchev–Trinajstić information content (AvgIpc) is 2.92. The van der Waals surface area contributed by atoms with Crippen LogP contribution >= 0.6 is 11.6 Å². The van der Waals surface area contributed by atoms with Crippen molar-refractivity contribution in [3.8, 4) is 0 Å². The molecule has 1 fully saturated rings. The Morgan fingerprint density at radius 1 is 1.03 bits per heavy atom. The number of piperidine rings is 1. The number of hydrogen-bond donors (Lipinski definition) is 0. The van der Waals surface area contributed by atoms with Gasteiger partial charge in [0.2, 0.25) is 5.69 Å². The monoisotopic (exact) mass is 431 g/mol. The summed E-state index contributed by atoms with van der Waals surface area (Å²) >= 11 is 6.32. The number of pyridine rings is 2. The molecule has 2 aromatic heterocycles. The minimum absolute atomic E-state index is 0.755. The van der Waals surface area contributed by atoms with Crippen LogP contribution in [0.3, 0.4) is 0 Å². The van der Waals surface area contributed by atoms with Gasteiger partial charge in [-0.2, -0.15) is 4.73 Å². The second kappa shape index (κ2) is 8.45. The number of nitrogens with zero attached hydrogens (tertiary/aromatic N) is 3. The molecular weight excluding hydrogens is 406 g/mol. The summed E-state index contributed by atoms with van der Waals surface area (Å²) in [4.78, 5) is 6.81. The van der Waals surface area contributed by atoms with Crippen molar-refractivity contribution in [2.75, 3.05) is 13.1 Å². The van der Waals surface area contributed by atoms with Gasteiger partial charge in [0.05, 0.1) is 5.57 Å². The van der Waals surface area contributed by atoms with E-state index < -0.39 is 0 Å². The van der Waals surface area contributed by atoms with Crippen LogP contribution in [0, 0.1) is 12.1 Å². The van der Waals surface area contributed by atoms with Crippen molar-refractivity contribution >= 4 is 17.2 Å². The number of benzene rings is 1. The molecule has 4 nitrogen and oxygen atoms in total. The van der Waals surface area contributed by atoms with E-state index in [-0.39, 0.29) is 0 Å². The lowest BCUT2D eigenvalue weighted by Crippen LogP contribution is -2.34. The lowest BCUT2D eigenvalue weighted by molar-refractivity contribution is -0.608. The van der Waals surface area contributed by atoms with Crippen molar-refractivity contribution in [1.82, 2.24) is 9.88 Å². The third kappa shape index (κ3) is 4.10. The van der Waals surface area contributed by atoms with Gasteiger partial charge in [-0.25, -0.2) is 0 Å². The highest BCUT2D eigenvalue weighted by Gasteiger charge is 2.29. The molecule has 0 atom stereocenters. The fourth-order valence-corrected chi connectivity index (χ4v) is 5.16. The van der Waals surface area contributed by atoms with Gasteiger partial charge < -0.3 is 5.21 Å². The Morgan fingerprint density at radius 3 is 2.65 bits per heavy atom. The molecule has 5 heteroatoms. The molecule has 3 heterocycles. The highest BCUT2D eigenvalue weighted by atomic mass is 35.5. The van der Waals surface area contributed by atoms with Crippen LogP contribution in [0.15, 0.2) is 60.6 Å². The molecule has 1 aliphatic heterocycles. The molecule has 3 aromatic rings. The van der Waals surface area contributed by atoms with Gasteiger partial charge in [0.1, 0.15) is 0 Å². The molecule has 0 bridgehead atoms.